The van der Waals surface area contributed by atoms with Crippen LogP contribution in [0.3, 0.4) is 0 Å². The van der Waals surface area contributed by atoms with Gasteiger partial charge in [-0.15, -0.1) is 16.4 Å². The molecule has 2 aromatic heterocycles. The van der Waals surface area contributed by atoms with Crippen LogP contribution >= 0.6 is 34.5 Å². The van der Waals surface area contributed by atoms with E-state index in [2.05, 4.69) is 15.5 Å². The van der Waals surface area contributed by atoms with Gasteiger partial charge in [0.1, 0.15) is 4.34 Å². The highest BCUT2D eigenvalue weighted by molar-refractivity contribution is 7.89. The number of nitrogens with zero attached hydrogens (tertiary/aromatic N) is 3. The van der Waals surface area contributed by atoms with E-state index >= 15 is 0 Å². The molecule has 0 aliphatic carbocycles. The Labute approximate surface area is 193 Å². The molecule has 1 amide bonds. The number of piperidine rings is 1. The van der Waals surface area contributed by atoms with Gasteiger partial charge < -0.3 is 4.42 Å². The number of hydrogen-bond acceptors (Lipinski definition) is 7. The molecule has 0 radical (unpaired) electrons. The molecule has 1 unspecified atom stereocenters. The third-order valence-electron chi connectivity index (χ3n) is 5.00. The van der Waals surface area contributed by atoms with E-state index in [0.29, 0.717) is 20.8 Å². The summed E-state index contributed by atoms with van der Waals surface area (Å²) in [5, 5.41) is 10.1. The molecule has 31 heavy (non-hydrogen) atoms. The van der Waals surface area contributed by atoms with Crippen LogP contribution < -0.4 is 5.32 Å². The van der Waals surface area contributed by atoms with Crippen LogP contribution in [0, 0.1) is 0 Å². The molecule has 8 nitrogen and oxygen atoms in total. The first kappa shape index (κ1) is 22.2. The lowest BCUT2D eigenvalue weighted by Gasteiger charge is -2.32. The fourth-order valence-corrected chi connectivity index (χ4v) is 6.53. The quantitative estimate of drug-likeness (QED) is 0.532. The molecule has 1 N–H and O–H groups in total. The van der Waals surface area contributed by atoms with Gasteiger partial charge in [-0.25, -0.2) is 8.42 Å². The molecular formula is C19H18Cl2N4O4S2. The summed E-state index contributed by atoms with van der Waals surface area (Å²) in [4.78, 5) is 12.7. The number of benzene rings is 1. The normalized spacial score (nSPS) is 17.6. The Morgan fingerprint density at radius 3 is 2.61 bits per heavy atom. The fourth-order valence-electron chi connectivity index (χ4n) is 3.38. The zero-order chi connectivity index (χ0) is 22.2. The number of thiophene rings is 1. The first-order valence-electron chi connectivity index (χ1n) is 9.47. The molecule has 1 atom stereocenters. The van der Waals surface area contributed by atoms with Crippen LogP contribution in [0.2, 0.25) is 8.67 Å². The molecule has 0 spiro atoms. The van der Waals surface area contributed by atoms with Crippen molar-refractivity contribution in [3.8, 4) is 11.5 Å². The number of anilines is 1. The molecule has 12 heteroatoms. The Kier molecular flexibility index (Phi) is 6.36. The minimum Gasteiger partial charge on any atom is -0.403 e. The van der Waals surface area contributed by atoms with Crippen molar-refractivity contribution in [1.82, 2.24) is 14.5 Å². The molecule has 0 bridgehead atoms. The topological polar surface area (TPSA) is 105 Å². The standard InChI is InChI=1S/C19H18Cl2N4O4S2/c1-11-4-2-3-9-25(11)31(27,28)13-7-5-12(6-8-13)17(26)22-19-24-23-18(29-19)14-10-15(20)30-16(14)21/h5-8,10-11H,2-4,9H2,1H3,(H,22,24,26). The summed E-state index contributed by atoms with van der Waals surface area (Å²) in [7, 11) is -3.60. The summed E-state index contributed by atoms with van der Waals surface area (Å²) in [5.74, 6) is -0.388. The van der Waals surface area contributed by atoms with Crippen molar-refractivity contribution in [2.45, 2.75) is 37.1 Å². The molecule has 1 aliphatic rings. The molecule has 4 rings (SSSR count). The Hall–Kier alpha value is -1.98. The summed E-state index contributed by atoms with van der Waals surface area (Å²) < 4.78 is 33.6. The van der Waals surface area contributed by atoms with Crippen LogP contribution in [-0.4, -0.2) is 41.4 Å². The van der Waals surface area contributed by atoms with Gasteiger partial charge in [0.25, 0.3) is 11.8 Å². The van der Waals surface area contributed by atoms with Crippen LogP contribution in [0.1, 0.15) is 36.5 Å². The number of amides is 1. The summed E-state index contributed by atoms with van der Waals surface area (Å²) >= 11 is 13.2. The molecule has 3 aromatic rings. The van der Waals surface area contributed by atoms with E-state index in [9.17, 15) is 13.2 Å². The van der Waals surface area contributed by atoms with Crippen molar-refractivity contribution in [3.05, 3.63) is 44.6 Å². The van der Waals surface area contributed by atoms with Crippen molar-refractivity contribution in [2.24, 2.45) is 0 Å². The van der Waals surface area contributed by atoms with Gasteiger partial charge in [0.05, 0.1) is 14.8 Å². The Bertz CT molecular complexity index is 1210. The lowest BCUT2D eigenvalue weighted by Crippen LogP contribution is -2.41. The van der Waals surface area contributed by atoms with Crippen LogP contribution in [0.5, 0.6) is 0 Å². The predicted octanol–water partition coefficient (Wildman–Crippen LogP) is 4.92. The van der Waals surface area contributed by atoms with Gasteiger partial charge in [-0.1, -0.05) is 34.7 Å². The molecule has 1 aliphatic heterocycles. The smallest absolute Gasteiger partial charge is 0.322 e. The van der Waals surface area contributed by atoms with Crippen LogP contribution in [0.25, 0.3) is 11.5 Å². The molecule has 0 saturated carbocycles. The molecule has 1 saturated heterocycles. The SMILES string of the molecule is CC1CCCCN1S(=O)(=O)c1ccc(C(=O)Nc2nnc(-c3cc(Cl)sc3Cl)o2)cc1. The van der Waals surface area contributed by atoms with Crippen molar-refractivity contribution in [1.29, 1.82) is 0 Å². The minimum atomic E-state index is -3.60. The maximum absolute atomic E-state index is 12.9. The second kappa shape index (κ2) is 8.87. The first-order chi connectivity index (χ1) is 14.8. The monoisotopic (exact) mass is 500 g/mol. The van der Waals surface area contributed by atoms with Gasteiger partial charge in [-0.05, 0) is 50.1 Å². The Balaban J connectivity index is 1.47. The average molecular weight is 501 g/mol. The van der Waals surface area contributed by atoms with E-state index in [0.717, 1.165) is 30.6 Å². The third-order valence-corrected chi connectivity index (χ3v) is 8.51. The second-order valence-electron chi connectivity index (χ2n) is 7.09. The summed E-state index contributed by atoms with van der Waals surface area (Å²) in [5.41, 5.74) is 0.730. The number of carbonyl (C=O) groups is 1. The number of nitrogens with one attached hydrogen (secondary N) is 1. The van der Waals surface area contributed by atoms with Crippen molar-refractivity contribution < 1.29 is 17.6 Å². The number of rotatable bonds is 5. The van der Waals surface area contributed by atoms with Gasteiger partial charge in [0, 0.05) is 18.2 Å². The average Bonchev–Trinajstić information content (AvgIpc) is 3.33. The number of halogens is 2. The van der Waals surface area contributed by atoms with E-state index in [4.69, 9.17) is 27.6 Å². The van der Waals surface area contributed by atoms with Crippen LogP contribution in [0.15, 0.2) is 39.6 Å². The number of aromatic nitrogens is 2. The lowest BCUT2D eigenvalue weighted by molar-refractivity contribution is 0.102. The second-order valence-corrected chi connectivity index (χ2v) is 11.3. The number of carbonyl (C=O) groups excluding carboxylic acids is 1. The van der Waals surface area contributed by atoms with Gasteiger partial charge in [-0.2, -0.15) is 4.31 Å². The summed E-state index contributed by atoms with van der Waals surface area (Å²) in [6.45, 7) is 2.42. The lowest BCUT2D eigenvalue weighted by atomic mass is 10.1. The van der Waals surface area contributed by atoms with Crippen molar-refractivity contribution >= 4 is 56.5 Å². The minimum absolute atomic E-state index is 0.0416. The van der Waals surface area contributed by atoms with Gasteiger partial charge >= 0.3 is 6.01 Å². The first-order valence-corrected chi connectivity index (χ1v) is 12.5. The van der Waals surface area contributed by atoms with E-state index in [1.54, 1.807) is 6.07 Å². The zero-order valence-corrected chi connectivity index (χ0v) is 19.5. The molecule has 1 fully saturated rings. The third kappa shape index (κ3) is 4.63. The number of sulfonamides is 1. The molecule has 1 aromatic carbocycles. The van der Waals surface area contributed by atoms with Crippen LogP contribution in [0.4, 0.5) is 6.01 Å². The highest BCUT2D eigenvalue weighted by Gasteiger charge is 2.31. The van der Waals surface area contributed by atoms with Crippen molar-refractivity contribution in [2.75, 3.05) is 11.9 Å². The van der Waals surface area contributed by atoms with Crippen LogP contribution in [-0.2, 0) is 10.0 Å². The highest BCUT2D eigenvalue weighted by Crippen LogP contribution is 2.37. The fraction of sp³-hybridized carbons (Fsp3) is 0.316. The van der Waals surface area contributed by atoms with Crippen molar-refractivity contribution in [3.63, 3.8) is 0 Å². The Morgan fingerprint density at radius 2 is 1.97 bits per heavy atom. The largest absolute Gasteiger partial charge is 0.403 e. The Morgan fingerprint density at radius 1 is 1.23 bits per heavy atom. The van der Waals surface area contributed by atoms with Gasteiger partial charge in [0.2, 0.25) is 10.0 Å². The molecular weight excluding hydrogens is 483 g/mol. The van der Waals surface area contributed by atoms with E-state index < -0.39 is 15.9 Å². The summed E-state index contributed by atoms with van der Waals surface area (Å²) in [6, 6.07) is 7.19. The maximum atomic E-state index is 12.9. The summed E-state index contributed by atoms with van der Waals surface area (Å²) in [6.07, 6.45) is 2.71. The maximum Gasteiger partial charge on any atom is 0.322 e. The molecule has 3 heterocycles. The van der Waals surface area contributed by atoms with E-state index in [1.165, 1.54) is 28.6 Å². The van der Waals surface area contributed by atoms with E-state index in [1.807, 2.05) is 6.92 Å². The zero-order valence-electron chi connectivity index (χ0n) is 16.3. The predicted molar refractivity (Wildman–Crippen MR) is 119 cm³/mol. The number of hydrogen-bond donors (Lipinski definition) is 1. The van der Waals surface area contributed by atoms with Gasteiger partial charge in [0.15, 0.2) is 0 Å². The molecule has 164 valence electrons. The van der Waals surface area contributed by atoms with E-state index in [-0.39, 0.29) is 28.4 Å². The van der Waals surface area contributed by atoms with Gasteiger partial charge in [-0.3, -0.25) is 10.1 Å². The highest BCUT2D eigenvalue weighted by atomic mass is 35.5.